The minimum atomic E-state index is -0.688. The van der Waals surface area contributed by atoms with Gasteiger partial charge in [-0.3, -0.25) is 19.0 Å². The van der Waals surface area contributed by atoms with Crippen molar-refractivity contribution in [2.24, 2.45) is 0 Å². The average Bonchev–Trinajstić information content (AvgIpc) is 3.38. The number of carbonyl (C=O) groups excluding carboxylic acids is 3. The summed E-state index contributed by atoms with van der Waals surface area (Å²) in [6.07, 6.45) is 1.62. The number of esters is 1. The number of carbonyl (C=O) groups is 3. The van der Waals surface area contributed by atoms with Gasteiger partial charge in [0.15, 0.2) is 6.73 Å². The molecule has 0 saturated heterocycles. The summed E-state index contributed by atoms with van der Waals surface area (Å²) in [5, 5.41) is 0.424. The van der Waals surface area contributed by atoms with Crippen LogP contribution in [0.2, 0.25) is 0 Å². The summed E-state index contributed by atoms with van der Waals surface area (Å²) in [5.74, 6) is -0.952. The van der Waals surface area contributed by atoms with Gasteiger partial charge in [-0.05, 0) is 31.0 Å². The quantitative estimate of drug-likeness (QED) is 0.485. The first-order valence-corrected chi connectivity index (χ1v) is 9.94. The van der Waals surface area contributed by atoms with E-state index < -0.39 is 24.5 Å². The van der Waals surface area contributed by atoms with Gasteiger partial charge in [-0.2, -0.15) is 0 Å². The Kier molecular flexibility index (Phi) is 3.88. The number of benzene rings is 1. The Hall–Kier alpha value is -3.33. The Balaban J connectivity index is 1.41. The third-order valence-electron chi connectivity index (χ3n) is 5.30. The number of hydrogen-bond acceptors (Lipinski definition) is 7. The van der Waals surface area contributed by atoms with Crippen LogP contribution < -0.4 is 5.56 Å². The van der Waals surface area contributed by atoms with Crippen LogP contribution in [0.5, 0.6) is 0 Å². The van der Waals surface area contributed by atoms with Gasteiger partial charge in [0.25, 0.3) is 17.4 Å². The molecule has 0 N–H and O–H groups in total. The van der Waals surface area contributed by atoms with Crippen molar-refractivity contribution < 1.29 is 19.1 Å². The van der Waals surface area contributed by atoms with E-state index in [0.29, 0.717) is 33.5 Å². The van der Waals surface area contributed by atoms with Crippen molar-refractivity contribution in [2.45, 2.75) is 26.3 Å². The number of nitrogens with zero attached hydrogens (tertiary/aromatic N) is 3. The molecular weight excluding hydrogens is 394 g/mol. The third kappa shape index (κ3) is 2.54. The molecule has 0 aliphatic carbocycles. The first-order chi connectivity index (χ1) is 14.0. The van der Waals surface area contributed by atoms with Crippen LogP contribution in [0.4, 0.5) is 0 Å². The largest absolute Gasteiger partial charge is 0.439 e. The molecule has 9 heteroatoms. The molecule has 8 nitrogen and oxygen atoms in total. The van der Waals surface area contributed by atoms with E-state index in [4.69, 9.17) is 4.74 Å². The van der Waals surface area contributed by atoms with Crippen molar-refractivity contribution in [3.8, 4) is 0 Å². The molecule has 2 aliphatic rings. The second kappa shape index (κ2) is 6.35. The smallest absolute Gasteiger partial charge is 0.350 e. The van der Waals surface area contributed by atoms with E-state index in [2.05, 4.69) is 4.98 Å². The number of aryl methyl sites for hydroxylation is 2. The molecule has 0 saturated carbocycles. The summed E-state index contributed by atoms with van der Waals surface area (Å²) < 4.78 is 6.90. The molecule has 0 radical (unpaired) electrons. The highest BCUT2D eigenvalue weighted by atomic mass is 32.1. The molecule has 146 valence electrons. The van der Waals surface area contributed by atoms with E-state index in [-0.39, 0.29) is 10.4 Å². The lowest BCUT2D eigenvalue weighted by Crippen LogP contribution is -2.33. The van der Waals surface area contributed by atoms with Crippen LogP contribution >= 0.6 is 11.3 Å². The number of amides is 2. The first-order valence-electron chi connectivity index (χ1n) is 9.12. The first kappa shape index (κ1) is 17.7. The molecule has 0 atom stereocenters. The summed E-state index contributed by atoms with van der Waals surface area (Å²) in [4.78, 5) is 56.3. The number of hydrogen-bond donors (Lipinski definition) is 0. The van der Waals surface area contributed by atoms with Crippen molar-refractivity contribution in [1.29, 1.82) is 0 Å². The molecule has 2 aliphatic heterocycles. The van der Waals surface area contributed by atoms with Gasteiger partial charge >= 0.3 is 5.97 Å². The van der Waals surface area contributed by atoms with Crippen LogP contribution in [0.1, 0.15) is 48.2 Å². The van der Waals surface area contributed by atoms with E-state index in [9.17, 15) is 19.2 Å². The highest BCUT2D eigenvalue weighted by Gasteiger charge is 2.36. The van der Waals surface area contributed by atoms with Crippen LogP contribution in [0.3, 0.4) is 0 Å². The fourth-order valence-electron chi connectivity index (χ4n) is 3.82. The fourth-order valence-corrected chi connectivity index (χ4v) is 4.90. The molecule has 0 spiro atoms. The average molecular weight is 409 g/mol. The maximum absolute atomic E-state index is 12.7. The Morgan fingerprint density at radius 3 is 2.55 bits per heavy atom. The Labute approximate surface area is 168 Å². The highest BCUT2D eigenvalue weighted by Crippen LogP contribution is 2.29. The Bertz CT molecular complexity index is 1250. The molecule has 4 heterocycles. The van der Waals surface area contributed by atoms with Crippen molar-refractivity contribution >= 4 is 39.3 Å². The summed E-state index contributed by atoms with van der Waals surface area (Å²) in [5.41, 5.74) is 0.948. The number of fused-ring (bicyclic) bond motifs is 3. The van der Waals surface area contributed by atoms with Crippen molar-refractivity contribution in [3.63, 3.8) is 0 Å². The predicted octanol–water partition coefficient (Wildman–Crippen LogP) is 2.12. The molecule has 5 rings (SSSR count). The number of aromatic nitrogens is 2. The third-order valence-corrected chi connectivity index (χ3v) is 6.47. The number of ether oxygens (including phenoxy) is 1. The van der Waals surface area contributed by atoms with Crippen molar-refractivity contribution in [2.75, 3.05) is 6.73 Å². The van der Waals surface area contributed by atoms with E-state index in [0.717, 1.165) is 34.9 Å². The normalized spacial score (nSPS) is 15.1. The topological polar surface area (TPSA) is 98.6 Å². The fraction of sp³-hybridized carbons (Fsp3) is 0.250. The number of rotatable bonds is 3. The van der Waals surface area contributed by atoms with E-state index in [1.165, 1.54) is 0 Å². The lowest BCUT2D eigenvalue weighted by Gasteiger charge is -2.13. The zero-order valence-electron chi connectivity index (χ0n) is 15.4. The minimum Gasteiger partial charge on any atom is -0.439 e. The van der Waals surface area contributed by atoms with Gasteiger partial charge in [-0.25, -0.2) is 14.7 Å². The van der Waals surface area contributed by atoms with Gasteiger partial charge < -0.3 is 4.74 Å². The SMILES string of the molecule is Cc1c(C(=O)OCN2C(=O)c3ccccc3C2=O)sc2nc3n(c(=O)c12)CCC3. The maximum atomic E-state index is 12.7. The summed E-state index contributed by atoms with van der Waals surface area (Å²) in [7, 11) is 0. The maximum Gasteiger partial charge on any atom is 0.350 e. The predicted molar refractivity (Wildman–Crippen MR) is 104 cm³/mol. The van der Waals surface area contributed by atoms with Gasteiger partial charge in [0, 0.05) is 13.0 Å². The van der Waals surface area contributed by atoms with Gasteiger partial charge in [0.1, 0.15) is 15.5 Å². The molecule has 3 aromatic rings. The van der Waals surface area contributed by atoms with Crippen LogP contribution in [0, 0.1) is 6.92 Å². The second-order valence-electron chi connectivity index (χ2n) is 6.97. The molecule has 0 bridgehead atoms. The van der Waals surface area contributed by atoms with Crippen molar-refractivity contribution in [1.82, 2.24) is 14.5 Å². The zero-order valence-corrected chi connectivity index (χ0v) is 16.2. The summed E-state index contributed by atoms with van der Waals surface area (Å²) in [6, 6.07) is 6.46. The summed E-state index contributed by atoms with van der Waals surface area (Å²) >= 11 is 1.10. The van der Waals surface area contributed by atoms with Gasteiger partial charge in [-0.1, -0.05) is 12.1 Å². The molecular formula is C20H15N3O5S. The highest BCUT2D eigenvalue weighted by molar-refractivity contribution is 7.20. The van der Waals surface area contributed by atoms with Crippen LogP contribution in [-0.2, 0) is 17.7 Å². The lowest BCUT2D eigenvalue weighted by molar-refractivity contribution is 0.0231. The molecule has 0 unspecified atom stereocenters. The van der Waals surface area contributed by atoms with Crippen LogP contribution in [-0.4, -0.2) is 39.0 Å². The Morgan fingerprint density at radius 2 is 1.86 bits per heavy atom. The number of imide groups is 1. The van der Waals surface area contributed by atoms with E-state index in [1.54, 1.807) is 35.8 Å². The lowest BCUT2D eigenvalue weighted by atomic mass is 10.1. The molecule has 1 aromatic carbocycles. The standard InChI is InChI=1S/C20H15N3O5S/c1-10-14-16(21-13-7-4-8-22(13)19(14)26)29-15(10)20(27)28-9-23-17(24)11-5-2-3-6-12(11)18(23)25/h2-3,5-6H,4,7-9H2,1H3. The van der Waals surface area contributed by atoms with Crippen LogP contribution in [0.25, 0.3) is 10.2 Å². The molecule has 29 heavy (non-hydrogen) atoms. The monoisotopic (exact) mass is 409 g/mol. The van der Waals surface area contributed by atoms with E-state index in [1.807, 2.05) is 0 Å². The minimum absolute atomic E-state index is 0.143. The second-order valence-corrected chi connectivity index (χ2v) is 7.97. The number of thiophene rings is 1. The van der Waals surface area contributed by atoms with Crippen LogP contribution in [0.15, 0.2) is 29.1 Å². The Morgan fingerprint density at radius 1 is 1.17 bits per heavy atom. The van der Waals surface area contributed by atoms with Gasteiger partial charge in [-0.15, -0.1) is 11.3 Å². The molecule has 0 fully saturated rings. The summed E-state index contributed by atoms with van der Waals surface area (Å²) in [6.45, 7) is 1.83. The van der Waals surface area contributed by atoms with Gasteiger partial charge in [0.2, 0.25) is 0 Å². The van der Waals surface area contributed by atoms with Gasteiger partial charge in [0.05, 0.1) is 16.5 Å². The van der Waals surface area contributed by atoms with E-state index >= 15 is 0 Å². The zero-order chi connectivity index (χ0) is 20.3. The molecule has 2 amide bonds. The molecule has 2 aromatic heterocycles. The van der Waals surface area contributed by atoms with Crippen molar-refractivity contribution in [3.05, 3.63) is 62.0 Å².